The van der Waals surface area contributed by atoms with Crippen molar-refractivity contribution in [2.24, 2.45) is 5.92 Å². The SMILES string of the molecule is CC[C@@]1(O)C(=O)OCc2c1cc1n(c2=O)Cc2c-1nc1cc(Cl)c(C)cc1c2CNC(=O)C(O)C1CC1. The van der Waals surface area contributed by atoms with Crippen LogP contribution in [0.2, 0.25) is 5.02 Å². The van der Waals surface area contributed by atoms with E-state index in [4.69, 9.17) is 21.3 Å². The fourth-order valence-corrected chi connectivity index (χ4v) is 5.56. The number of halogens is 1. The van der Waals surface area contributed by atoms with E-state index in [0.717, 1.165) is 34.9 Å². The Labute approximate surface area is 217 Å². The normalized spacial score (nSPS) is 20.7. The number of aliphatic hydroxyl groups excluding tert-OH is 1. The average Bonchev–Trinajstić information content (AvgIpc) is 3.66. The van der Waals surface area contributed by atoms with Gasteiger partial charge in [0.2, 0.25) is 5.91 Å². The van der Waals surface area contributed by atoms with Gasteiger partial charge < -0.3 is 24.8 Å². The number of aryl methyl sites for hydroxylation is 1. The summed E-state index contributed by atoms with van der Waals surface area (Å²) >= 11 is 6.41. The van der Waals surface area contributed by atoms with Crippen molar-refractivity contribution in [2.45, 2.75) is 64.5 Å². The van der Waals surface area contributed by atoms with Crippen LogP contribution in [0.25, 0.3) is 22.3 Å². The van der Waals surface area contributed by atoms with Crippen molar-refractivity contribution in [3.8, 4) is 11.4 Å². The van der Waals surface area contributed by atoms with Crippen LogP contribution in [-0.4, -0.2) is 37.7 Å². The van der Waals surface area contributed by atoms with Gasteiger partial charge in [-0.1, -0.05) is 18.5 Å². The molecule has 2 aromatic heterocycles. The van der Waals surface area contributed by atoms with Crippen LogP contribution < -0.4 is 10.9 Å². The molecule has 2 aliphatic heterocycles. The number of rotatable bonds is 5. The minimum Gasteiger partial charge on any atom is -0.458 e. The molecular weight excluding hydrogens is 498 g/mol. The van der Waals surface area contributed by atoms with E-state index in [1.165, 1.54) is 0 Å². The van der Waals surface area contributed by atoms with Gasteiger partial charge in [0.1, 0.15) is 12.7 Å². The maximum absolute atomic E-state index is 13.5. The quantitative estimate of drug-likeness (QED) is 0.342. The molecule has 3 aromatic rings. The predicted octanol–water partition coefficient (Wildman–Crippen LogP) is 2.43. The molecule has 1 aliphatic carbocycles. The maximum atomic E-state index is 13.5. The van der Waals surface area contributed by atoms with Crippen LogP contribution in [0, 0.1) is 12.8 Å². The summed E-state index contributed by atoms with van der Waals surface area (Å²) in [5.41, 5.74) is 2.16. The first-order valence-corrected chi connectivity index (χ1v) is 12.8. The smallest absolute Gasteiger partial charge is 0.343 e. The van der Waals surface area contributed by atoms with Gasteiger partial charge in [0.15, 0.2) is 5.60 Å². The topological polar surface area (TPSA) is 131 Å². The Morgan fingerprint density at radius 3 is 2.76 bits per heavy atom. The lowest BCUT2D eigenvalue weighted by Crippen LogP contribution is -2.44. The molecule has 9 nitrogen and oxygen atoms in total. The van der Waals surface area contributed by atoms with Crippen LogP contribution in [-0.2, 0) is 39.6 Å². The fourth-order valence-electron chi connectivity index (χ4n) is 5.40. The van der Waals surface area contributed by atoms with Crippen LogP contribution >= 0.6 is 11.6 Å². The third-order valence-electron chi connectivity index (χ3n) is 7.86. The molecule has 1 unspecified atom stereocenters. The molecule has 1 fully saturated rings. The van der Waals surface area contributed by atoms with Gasteiger partial charge >= 0.3 is 5.97 Å². The number of esters is 1. The molecule has 2 atom stereocenters. The zero-order valence-electron chi connectivity index (χ0n) is 20.4. The van der Waals surface area contributed by atoms with Crippen LogP contribution in [0.4, 0.5) is 0 Å². The number of nitrogens with one attached hydrogen (secondary N) is 1. The summed E-state index contributed by atoms with van der Waals surface area (Å²) in [6, 6.07) is 5.30. The lowest BCUT2D eigenvalue weighted by molar-refractivity contribution is -0.172. The van der Waals surface area contributed by atoms with Crippen molar-refractivity contribution in [1.82, 2.24) is 14.9 Å². The van der Waals surface area contributed by atoms with E-state index in [-0.39, 0.29) is 48.7 Å². The summed E-state index contributed by atoms with van der Waals surface area (Å²) in [7, 11) is 0. The third kappa shape index (κ3) is 3.59. The molecule has 1 saturated carbocycles. The lowest BCUT2D eigenvalue weighted by atomic mass is 9.86. The molecule has 0 bridgehead atoms. The number of amides is 1. The predicted molar refractivity (Wildman–Crippen MR) is 135 cm³/mol. The number of nitrogens with zero attached hydrogens (tertiary/aromatic N) is 2. The van der Waals surface area contributed by atoms with Gasteiger partial charge in [0.05, 0.1) is 29.0 Å². The monoisotopic (exact) mass is 523 g/mol. The molecule has 4 heterocycles. The van der Waals surface area contributed by atoms with E-state index < -0.39 is 23.6 Å². The molecule has 1 amide bonds. The zero-order chi connectivity index (χ0) is 26.2. The van der Waals surface area contributed by atoms with Crippen molar-refractivity contribution in [3.05, 3.63) is 61.4 Å². The standard InChI is InChI=1S/C27H26ClN3O6/c1-3-27(36)18-7-21-22-16(10-31(21)25(34)17(18)11-37-26(27)35)15(9-29-24(33)23(32)13-4-5-13)14-6-12(2)19(28)8-20(14)30-22/h6-8,13,23,32,36H,3-5,9-11H2,1-2H3,(H,29,33)/t23?,27-/m0/s1. The van der Waals surface area contributed by atoms with Crippen LogP contribution in [0.5, 0.6) is 0 Å². The highest BCUT2D eigenvalue weighted by Gasteiger charge is 2.45. The second-order valence-electron chi connectivity index (χ2n) is 10.1. The van der Waals surface area contributed by atoms with Gasteiger partial charge in [-0.3, -0.25) is 9.59 Å². The van der Waals surface area contributed by atoms with E-state index in [1.54, 1.807) is 23.6 Å². The number of cyclic esters (lactones) is 1. The zero-order valence-corrected chi connectivity index (χ0v) is 21.2. The Kier molecular flexibility index (Phi) is 5.45. The molecule has 1 aromatic carbocycles. The van der Waals surface area contributed by atoms with E-state index >= 15 is 0 Å². The van der Waals surface area contributed by atoms with Crippen LogP contribution in [0.1, 0.15) is 54.0 Å². The number of benzene rings is 1. The molecule has 0 saturated heterocycles. The van der Waals surface area contributed by atoms with Crippen molar-refractivity contribution >= 4 is 34.4 Å². The first-order valence-electron chi connectivity index (χ1n) is 12.4. The molecular formula is C27H26ClN3O6. The van der Waals surface area contributed by atoms with E-state index in [2.05, 4.69) is 5.32 Å². The van der Waals surface area contributed by atoms with E-state index in [9.17, 15) is 24.6 Å². The average molecular weight is 524 g/mol. The molecule has 10 heteroatoms. The van der Waals surface area contributed by atoms with Crippen molar-refractivity contribution in [2.75, 3.05) is 0 Å². The fraction of sp³-hybridized carbons (Fsp3) is 0.407. The maximum Gasteiger partial charge on any atom is 0.343 e. The number of aromatic nitrogens is 2. The van der Waals surface area contributed by atoms with Gasteiger partial charge in [-0.05, 0) is 61.4 Å². The number of carbonyl (C=O) groups is 2. The number of ether oxygens (including phenoxy) is 1. The molecule has 6 rings (SSSR count). The first-order chi connectivity index (χ1) is 17.6. The molecule has 0 radical (unpaired) electrons. The summed E-state index contributed by atoms with van der Waals surface area (Å²) in [4.78, 5) is 43.4. The van der Waals surface area contributed by atoms with Crippen LogP contribution in [0.3, 0.4) is 0 Å². The van der Waals surface area contributed by atoms with Gasteiger partial charge in [-0.15, -0.1) is 0 Å². The Hall–Kier alpha value is -3.27. The molecule has 3 aliphatic rings. The van der Waals surface area contributed by atoms with Gasteiger partial charge in [-0.2, -0.15) is 0 Å². The molecule has 0 spiro atoms. The lowest BCUT2D eigenvalue weighted by Gasteiger charge is -2.31. The summed E-state index contributed by atoms with van der Waals surface area (Å²) in [6.45, 7) is 3.66. The number of fused-ring (bicyclic) bond motifs is 5. The van der Waals surface area contributed by atoms with E-state index in [0.29, 0.717) is 21.9 Å². The molecule has 192 valence electrons. The van der Waals surface area contributed by atoms with E-state index in [1.807, 2.05) is 13.0 Å². The first kappa shape index (κ1) is 24.1. The van der Waals surface area contributed by atoms with Gasteiger partial charge in [-0.25, -0.2) is 9.78 Å². The highest BCUT2D eigenvalue weighted by molar-refractivity contribution is 6.32. The molecule has 37 heavy (non-hydrogen) atoms. The Morgan fingerprint density at radius 2 is 2.05 bits per heavy atom. The third-order valence-corrected chi connectivity index (χ3v) is 8.27. The summed E-state index contributed by atoms with van der Waals surface area (Å²) in [6.07, 6.45) is 0.668. The van der Waals surface area contributed by atoms with Crippen LogP contribution in [0.15, 0.2) is 23.0 Å². The second-order valence-corrected chi connectivity index (χ2v) is 10.5. The largest absolute Gasteiger partial charge is 0.458 e. The number of carbonyl (C=O) groups excluding carboxylic acids is 2. The van der Waals surface area contributed by atoms with Gasteiger partial charge in [0, 0.05) is 28.1 Å². The highest BCUT2D eigenvalue weighted by Crippen LogP contribution is 2.41. The Morgan fingerprint density at radius 1 is 1.30 bits per heavy atom. The Balaban J connectivity index is 1.53. The second kappa shape index (κ2) is 8.37. The number of aliphatic hydroxyl groups is 2. The number of pyridine rings is 2. The number of hydrogen-bond donors (Lipinski definition) is 3. The minimum absolute atomic E-state index is 0.00246. The van der Waals surface area contributed by atoms with Gasteiger partial charge in [0.25, 0.3) is 5.56 Å². The number of hydrogen-bond acceptors (Lipinski definition) is 7. The minimum atomic E-state index is -1.92. The van der Waals surface area contributed by atoms with Crippen molar-refractivity contribution in [3.63, 3.8) is 0 Å². The summed E-state index contributed by atoms with van der Waals surface area (Å²) in [5.74, 6) is -1.22. The van der Waals surface area contributed by atoms with Crippen molar-refractivity contribution < 1.29 is 24.5 Å². The molecule has 3 N–H and O–H groups in total. The Bertz CT molecular complexity index is 1580. The highest BCUT2D eigenvalue weighted by atomic mass is 35.5. The summed E-state index contributed by atoms with van der Waals surface area (Å²) < 4.78 is 6.71. The van der Waals surface area contributed by atoms with Crippen molar-refractivity contribution in [1.29, 1.82) is 0 Å². The summed E-state index contributed by atoms with van der Waals surface area (Å²) in [5, 5.41) is 25.6.